The Morgan fingerprint density at radius 3 is 2.49 bits per heavy atom. The molecule has 1 fully saturated rings. The molecule has 0 radical (unpaired) electrons. The molecule has 3 aromatic heterocycles. The molecule has 0 atom stereocenters. The van der Waals surface area contributed by atoms with Gasteiger partial charge in [-0.25, -0.2) is 9.67 Å². The minimum Gasteiger partial charge on any atom is -0.386 e. The molecule has 6 rings (SSSR count). The zero-order valence-corrected chi connectivity index (χ0v) is 20.0. The Morgan fingerprint density at radius 2 is 1.74 bits per heavy atom. The second kappa shape index (κ2) is 8.16. The van der Waals surface area contributed by atoms with E-state index in [0.717, 1.165) is 70.7 Å². The molecule has 0 spiro atoms. The summed E-state index contributed by atoms with van der Waals surface area (Å²) in [7, 11) is 1.95. The summed E-state index contributed by atoms with van der Waals surface area (Å²) in [5.74, 6) is 1.59. The average molecular weight is 465 g/mol. The summed E-state index contributed by atoms with van der Waals surface area (Å²) in [4.78, 5) is 9.19. The summed E-state index contributed by atoms with van der Waals surface area (Å²) in [5, 5.41) is 11.9. The van der Waals surface area contributed by atoms with Gasteiger partial charge in [0, 0.05) is 55.8 Å². The number of benzene rings is 2. The maximum absolute atomic E-state index is 5.85. The van der Waals surface area contributed by atoms with Crippen molar-refractivity contribution in [3.8, 4) is 16.9 Å². The van der Waals surface area contributed by atoms with Crippen LogP contribution in [0.2, 0.25) is 0 Å². The number of aryl methyl sites for hydroxylation is 2. The van der Waals surface area contributed by atoms with Crippen LogP contribution in [-0.4, -0.2) is 55.6 Å². The van der Waals surface area contributed by atoms with Crippen molar-refractivity contribution < 1.29 is 0 Å². The summed E-state index contributed by atoms with van der Waals surface area (Å²) >= 11 is 0. The van der Waals surface area contributed by atoms with E-state index < -0.39 is 0 Å². The van der Waals surface area contributed by atoms with Crippen LogP contribution >= 0.6 is 0 Å². The van der Waals surface area contributed by atoms with Gasteiger partial charge < -0.3 is 15.5 Å². The number of pyridine rings is 1. The van der Waals surface area contributed by atoms with Gasteiger partial charge in [-0.3, -0.25) is 4.68 Å². The molecule has 2 N–H and O–H groups in total. The zero-order chi connectivity index (χ0) is 24.1. The second-order valence-corrected chi connectivity index (χ2v) is 9.11. The Kier molecular flexibility index (Phi) is 4.95. The zero-order valence-electron chi connectivity index (χ0n) is 20.0. The molecule has 0 aliphatic carbocycles. The molecule has 5 aromatic rings. The third-order valence-corrected chi connectivity index (χ3v) is 6.81. The molecule has 4 heterocycles. The average Bonchev–Trinajstić information content (AvgIpc) is 3.45. The standard InChI is InChI=1S/C27H28N8/c1-18-6-4-8-22-26(21-7-5-9-24-23(21)17-32(3)30-24)31-35(27(18)22)20-10-11-25(29-16-20)34-14-12-33(13-15-34)19(2)28/h4-11,16-17H,2,12-15,28H2,1,3H3. The minimum atomic E-state index is 0.631. The van der Waals surface area contributed by atoms with Crippen molar-refractivity contribution in [2.75, 3.05) is 31.1 Å². The summed E-state index contributed by atoms with van der Waals surface area (Å²) < 4.78 is 3.87. The molecule has 176 valence electrons. The number of nitrogens with zero attached hydrogens (tertiary/aromatic N) is 7. The lowest BCUT2D eigenvalue weighted by molar-refractivity contribution is 0.318. The third kappa shape index (κ3) is 3.58. The first-order valence-corrected chi connectivity index (χ1v) is 11.8. The van der Waals surface area contributed by atoms with Gasteiger partial charge >= 0.3 is 0 Å². The number of anilines is 1. The summed E-state index contributed by atoms with van der Waals surface area (Å²) in [6.45, 7) is 9.41. The van der Waals surface area contributed by atoms with E-state index in [-0.39, 0.29) is 0 Å². The number of fused-ring (bicyclic) bond motifs is 2. The molecule has 0 amide bonds. The molecule has 1 aliphatic heterocycles. The quantitative estimate of drug-likeness (QED) is 0.435. The Balaban J connectivity index is 1.41. The largest absolute Gasteiger partial charge is 0.386 e. The van der Waals surface area contributed by atoms with E-state index in [0.29, 0.717) is 5.82 Å². The molecular weight excluding hydrogens is 436 g/mol. The van der Waals surface area contributed by atoms with E-state index in [2.05, 4.69) is 71.0 Å². The monoisotopic (exact) mass is 464 g/mol. The van der Waals surface area contributed by atoms with Crippen LogP contribution in [0.25, 0.3) is 38.8 Å². The fourth-order valence-electron chi connectivity index (χ4n) is 5.00. The van der Waals surface area contributed by atoms with Gasteiger partial charge in [-0.1, -0.05) is 36.9 Å². The lowest BCUT2D eigenvalue weighted by Crippen LogP contribution is -2.47. The van der Waals surface area contributed by atoms with Crippen LogP contribution in [0.4, 0.5) is 5.82 Å². The van der Waals surface area contributed by atoms with Crippen molar-refractivity contribution >= 4 is 27.6 Å². The second-order valence-electron chi connectivity index (χ2n) is 9.11. The van der Waals surface area contributed by atoms with Crippen LogP contribution < -0.4 is 10.6 Å². The molecule has 0 unspecified atom stereocenters. The van der Waals surface area contributed by atoms with Gasteiger partial charge in [0.05, 0.1) is 28.7 Å². The van der Waals surface area contributed by atoms with Gasteiger partial charge in [0.15, 0.2) is 0 Å². The van der Waals surface area contributed by atoms with Crippen LogP contribution in [-0.2, 0) is 7.05 Å². The highest BCUT2D eigenvalue weighted by Crippen LogP contribution is 2.35. The first kappa shape index (κ1) is 21.2. The van der Waals surface area contributed by atoms with Gasteiger partial charge in [-0.2, -0.15) is 10.2 Å². The Bertz CT molecular complexity index is 1550. The summed E-state index contributed by atoms with van der Waals surface area (Å²) in [6.07, 6.45) is 3.97. The van der Waals surface area contributed by atoms with Crippen LogP contribution in [0.1, 0.15) is 5.56 Å². The van der Waals surface area contributed by atoms with Crippen molar-refractivity contribution in [2.45, 2.75) is 6.92 Å². The summed E-state index contributed by atoms with van der Waals surface area (Å²) in [6, 6.07) is 16.7. The number of nitrogens with two attached hydrogens (primary N) is 1. The maximum atomic E-state index is 5.85. The fraction of sp³-hybridized carbons (Fsp3) is 0.222. The van der Waals surface area contributed by atoms with Gasteiger partial charge in [0.1, 0.15) is 11.5 Å². The van der Waals surface area contributed by atoms with E-state index in [1.165, 1.54) is 5.56 Å². The Morgan fingerprint density at radius 1 is 0.943 bits per heavy atom. The van der Waals surface area contributed by atoms with E-state index in [1.807, 2.05) is 34.7 Å². The number of aromatic nitrogens is 5. The highest BCUT2D eigenvalue weighted by molar-refractivity contribution is 6.03. The van der Waals surface area contributed by atoms with Gasteiger partial charge in [0.2, 0.25) is 0 Å². The molecule has 2 aromatic carbocycles. The van der Waals surface area contributed by atoms with Crippen molar-refractivity contribution in [2.24, 2.45) is 12.8 Å². The van der Waals surface area contributed by atoms with Crippen molar-refractivity contribution in [1.29, 1.82) is 0 Å². The number of piperazine rings is 1. The first-order valence-electron chi connectivity index (χ1n) is 11.8. The maximum Gasteiger partial charge on any atom is 0.128 e. The molecule has 0 saturated carbocycles. The SMILES string of the molecule is C=C(N)N1CCN(c2ccc(-n3nc(-c4cccc5nn(C)cc45)c4cccc(C)c43)cn2)CC1. The predicted molar refractivity (Wildman–Crippen MR) is 140 cm³/mol. The van der Waals surface area contributed by atoms with E-state index >= 15 is 0 Å². The first-order chi connectivity index (χ1) is 17.0. The van der Waals surface area contributed by atoms with Crippen LogP contribution in [0.3, 0.4) is 0 Å². The number of hydrogen-bond acceptors (Lipinski definition) is 6. The topological polar surface area (TPSA) is 81.0 Å². The van der Waals surface area contributed by atoms with Crippen LogP contribution in [0, 0.1) is 6.92 Å². The number of rotatable bonds is 4. The summed E-state index contributed by atoms with van der Waals surface area (Å²) in [5.41, 5.74) is 12.0. The molecule has 8 heteroatoms. The molecule has 35 heavy (non-hydrogen) atoms. The molecule has 1 saturated heterocycles. The highest BCUT2D eigenvalue weighted by Gasteiger charge is 2.20. The fourth-order valence-corrected chi connectivity index (χ4v) is 5.00. The number of para-hydroxylation sites is 1. The highest BCUT2D eigenvalue weighted by atomic mass is 15.3. The molecule has 0 bridgehead atoms. The number of hydrogen-bond donors (Lipinski definition) is 1. The smallest absolute Gasteiger partial charge is 0.128 e. The van der Waals surface area contributed by atoms with E-state index in [1.54, 1.807) is 0 Å². The van der Waals surface area contributed by atoms with Crippen molar-refractivity contribution in [3.63, 3.8) is 0 Å². The normalized spacial score (nSPS) is 14.2. The lowest BCUT2D eigenvalue weighted by atomic mass is 10.0. The van der Waals surface area contributed by atoms with Crippen molar-refractivity contribution in [3.05, 3.63) is 78.9 Å². The molecule has 1 aliphatic rings. The van der Waals surface area contributed by atoms with Gasteiger partial charge in [0.25, 0.3) is 0 Å². The van der Waals surface area contributed by atoms with Gasteiger partial charge in [-0.15, -0.1) is 0 Å². The molecular formula is C27H28N8. The van der Waals surface area contributed by atoms with Crippen molar-refractivity contribution in [1.82, 2.24) is 29.4 Å². The third-order valence-electron chi connectivity index (χ3n) is 6.81. The Labute approximate surface area is 203 Å². The minimum absolute atomic E-state index is 0.631. The lowest BCUT2D eigenvalue weighted by Gasteiger charge is -2.36. The van der Waals surface area contributed by atoms with Gasteiger partial charge in [-0.05, 0) is 30.7 Å². The van der Waals surface area contributed by atoms with E-state index in [9.17, 15) is 0 Å². The predicted octanol–water partition coefficient (Wildman–Crippen LogP) is 3.83. The van der Waals surface area contributed by atoms with E-state index in [4.69, 9.17) is 15.8 Å². The molecule has 8 nitrogen and oxygen atoms in total. The Hall–Kier alpha value is -4.33. The van der Waals surface area contributed by atoms with Crippen LogP contribution in [0.5, 0.6) is 0 Å². The van der Waals surface area contributed by atoms with Crippen LogP contribution in [0.15, 0.2) is 73.3 Å².